The Morgan fingerprint density at radius 1 is 0.388 bits per heavy atom. The van der Waals surface area contributed by atoms with Gasteiger partial charge in [0, 0.05) is 19.3 Å². The molecule has 0 radical (unpaired) electrons. The Morgan fingerprint density at radius 2 is 0.673 bits per heavy atom. The first-order valence-corrected chi connectivity index (χ1v) is 21.2. The van der Waals surface area contributed by atoms with Crippen molar-refractivity contribution in [3.8, 4) is 0 Å². The molecule has 0 fully saturated rings. The topological polar surface area (TPSA) is 78.9 Å². The van der Waals surface area contributed by atoms with Gasteiger partial charge in [0.25, 0.3) is 0 Å². The van der Waals surface area contributed by atoms with Crippen LogP contribution in [-0.2, 0) is 28.6 Å². The van der Waals surface area contributed by atoms with E-state index in [0.29, 0.717) is 19.3 Å². The second kappa shape index (κ2) is 36.2. The number of ether oxygens (including phenoxy) is 3. The van der Waals surface area contributed by atoms with E-state index in [0.717, 1.165) is 69.6 Å². The quantitative estimate of drug-likeness (QED) is 0.0366. The average molecular weight is 695 g/mol. The summed E-state index contributed by atoms with van der Waals surface area (Å²) in [7, 11) is 0. The van der Waals surface area contributed by atoms with Crippen LogP contribution in [0.4, 0.5) is 0 Å². The van der Waals surface area contributed by atoms with Crippen molar-refractivity contribution in [2.24, 2.45) is 11.8 Å². The molecule has 0 saturated heterocycles. The molecule has 0 aliphatic carbocycles. The molecule has 0 saturated carbocycles. The standard InChI is InChI=1S/C43H82O6/c1-6-7-8-9-16-23-28-33-41(44)47-36-40(49-43(46)35-30-25-20-15-11-13-18-22-27-32-39(4)5)37-48-42(45)34-29-24-19-14-10-12-17-21-26-31-38(2)3/h38-40H,6-37H2,1-5H3/t40-/m1/s1. The number of hydrogen-bond donors (Lipinski definition) is 0. The predicted molar refractivity (Wildman–Crippen MR) is 206 cm³/mol. The van der Waals surface area contributed by atoms with Gasteiger partial charge in [0.05, 0.1) is 0 Å². The van der Waals surface area contributed by atoms with Crippen LogP contribution in [0.3, 0.4) is 0 Å². The highest BCUT2D eigenvalue weighted by Crippen LogP contribution is 2.16. The van der Waals surface area contributed by atoms with Gasteiger partial charge in [-0.1, -0.05) is 189 Å². The largest absolute Gasteiger partial charge is 0.462 e. The molecule has 0 aromatic rings. The van der Waals surface area contributed by atoms with Crippen molar-refractivity contribution in [3.63, 3.8) is 0 Å². The Balaban J connectivity index is 4.31. The summed E-state index contributed by atoms with van der Waals surface area (Å²) in [4.78, 5) is 37.5. The van der Waals surface area contributed by atoms with Gasteiger partial charge in [0.1, 0.15) is 13.2 Å². The van der Waals surface area contributed by atoms with Crippen LogP contribution in [0.15, 0.2) is 0 Å². The Kier molecular flexibility index (Phi) is 35.0. The van der Waals surface area contributed by atoms with Gasteiger partial charge < -0.3 is 14.2 Å². The van der Waals surface area contributed by atoms with Crippen molar-refractivity contribution in [1.29, 1.82) is 0 Å². The van der Waals surface area contributed by atoms with Gasteiger partial charge in [-0.3, -0.25) is 14.4 Å². The lowest BCUT2D eigenvalue weighted by Crippen LogP contribution is -2.30. The lowest BCUT2D eigenvalue weighted by molar-refractivity contribution is -0.167. The first kappa shape index (κ1) is 47.4. The third-order valence-corrected chi connectivity index (χ3v) is 9.47. The minimum Gasteiger partial charge on any atom is -0.462 e. The van der Waals surface area contributed by atoms with Crippen LogP contribution in [0.5, 0.6) is 0 Å². The van der Waals surface area contributed by atoms with E-state index in [1.165, 1.54) is 116 Å². The molecule has 0 aromatic heterocycles. The highest BCUT2D eigenvalue weighted by molar-refractivity contribution is 5.71. The number of hydrogen-bond acceptors (Lipinski definition) is 6. The molecule has 0 N–H and O–H groups in total. The molecular formula is C43H82O6. The molecule has 0 aliphatic heterocycles. The van der Waals surface area contributed by atoms with Gasteiger partial charge in [-0.05, 0) is 31.1 Å². The third kappa shape index (κ3) is 37.5. The Bertz CT molecular complexity index is 749. The van der Waals surface area contributed by atoms with Crippen LogP contribution in [0.2, 0.25) is 0 Å². The number of rotatable bonds is 37. The second-order valence-corrected chi connectivity index (χ2v) is 15.6. The summed E-state index contributed by atoms with van der Waals surface area (Å²) in [6, 6.07) is 0. The average Bonchev–Trinajstić information content (AvgIpc) is 3.06. The molecule has 6 heteroatoms. The maximum atomic E-state index is 12.6. The molecule has 0 aliphatic rings. The Morgan fingerprint density at radius 3 is 1.00 bits per heavy atom. The van der Waals surface area contributed by atoms with Crippen molar-refractivity contribution in [3.05, 3.63) is 0 Å². The maximum absolute atomic E-state index is 12.6. The van der Waals surface area contributed by atoms with Crippen LogP contribution in [0.1, 0.15) is 227 Å². The summed E-state index contributed by atoms with van der Waals surface area (Å²) in [5.41, 5.74) is 0. The molecule has 0 amide bonds. The summed E-state index contributed by atoms with van der Waals surface area (Å²) in [5, 5.41) is 0. The molecule has 0 unspecified atom stereocenters. The molecule has 0 aromatic carbocycles. The molecule has 290 valence electrons. The minimum absolute atomic E-state index is 0.0662. The Hall–Kier alpha value is -1.59. The molecule has 6 nitrogen and oxygen atoms in total. The summed E-state index contributed by atoms with van der Waals surface area (Å²) in [6.45, 7) is 11.2. The molecule has 0 bridgehead atoms. The summed E-state index contributed by atoms with van der Waals surface area (Å²) >= 11 is 0. The van der Waals surface area contributed by atoms with Crippen LogP contribution < -0.4 is 0 Å². The SMILES string of the molecule is CCCCCCCCCC(=O)OC[C@H](COC(=O)CCCCCCCCCCCC(C)C)OC(=O)CCCCCCCCCCCC(C)C. The van der Waals surface area contributed by atoms with Crippen LogP contribution in [0, 0.1) is 11.8 Å². The lowest BCUT2D eigenvalue weighted by atomic mass is 10.0. The third-order valence-electron chi connectivity index (χ3n) is 9.47. The monoisotopic (exact) mass is 695 g/mol. The molecule has 49 heavy (non-hydrogen) atoms. The fraction of sp³-hybridized carbons (Fsp3) is 0.930. The van der Waals surface area contributed by atoms with E-state index in [9.17, 15) is 14.4 Å². The fourth-order valence-electron chi connectivity index (χ4n) is 6.22. The van der Waals surface area contributed by atoms with E-state index in [-0.39, 0.29) is 31.1 Å². The van der Waals surface area contributed by atoms with E-state index in [2.05, 4.69) is 34.6 Å². The summed E-state index contributed by atoms with van der Waals surface area (Å²) in [6.07, 6.45) is 32.4. The molecule has 0 heterocycles. The summed E-state index contributed by atoms with van der Waals surface area (Å²) < 4.78 is 16.6. The van der Waals surface area contributed by atoms with E-state index in [1.54, 1.807) is 0 Å². The zero-order valence-electron chi connectivity index (χ0n) is 33.3. The van der Waals surface area contributed by atoms with Crippen molar-refractivity contribution in [2.45, 2.75) is 233 Å². The molecular weight excluding hydrogens is 612 g/mol. The van der Waals surface area contributed by atoms with Crippen LogP contribution in [-0.4, -0.2) is 37.2 Å². The van der Waals surface area contributed by atoms with Crippen molar-refractivity contribution < 1.29 is 28.6 Å². The van der Waals surface area contributed by atoms with Crippen molar-refractivity contribution in [2.75, 3.05) is 13.2 Å². The summed E-state index contributed by atoms with van der Waals surface area (Å²) in [5.74, 6) is 0.745. The molecule has 0 rings (SSSR count). The number of esters is 3. The van der Waals surface area contributed by atoms with E-state index < -0.39 is 6.10 Å². The second-order valence-electron chi connectivity index (χ2n) is 15.6. The lowest BCUT2D eigenvalue weighted by Gasteiger charge is -2.18. The normalized spacial score (nSPS) is 12.1. The van der Waals surface area contributed by atoms with Crippen LogP contribution in [0.25, 0.3) is 0 Å². The van der Waals surface area contributed by atoms with Gasteiger partial charge in [-0.2, -0.15) is 0 Å². The minimum atomic E-state index is -0.759. The maximum Gasteiger partial charge on any atom is 0.306 e. The highest BCUT2D eigenvalue weighted by atomic mass is 16.6. The first-order valence-electron chi connectivity index (χ1n) is 21.2. The first-order chi connectivity index (χ1) is 23.7. The zero-order chi connectivity index (χ0) is 36.2. The van der Waals surface area contributed by atoms with Gasteiger partial charge in [0.15, 0.2) is 6.10 Å². The smallest absolute Gasteiger partial charge is 0.306 e. The van der Waals surface area contributed by atoms with E-state index >= 15 is 0 Å². The fourth-order valence-corrected chi connectivity index (χ4v) is 6.22. The number of unbranched alkanes of at least 4 members (excludes halogenated alkanes) is 22. The van der Waals surface area contributed by atoms with E-state index in [4.69, 9.17) is 14.2 Å². The van der Waals surface area contributed by atoms with E-state index in [1.807, 2.05) is 0 Å². The predicted octanol–water partition coefficient (Wildman–Crippen LogP) is 13.0. The van der Waals surface area contributed by atoms with Crippen LogP contribution >= 0.6 is 0 Å². The van der Waals surface area contributed by atoms with Gasteiger partial charge in [-0.15, -0.1) is 0 Å². The van der Waals surface area contributed by atoms with Gasteiger partial charge >= 0.3 is 17.9 Å². The van der Waals surface area contributed by atoms with Gasteiger partial charge in [-0.25, -0.2) is 0 Å². The Labute approximate surface area is 304 Å². The van der Waals surface area contributed by atoms with Crippen molar-refractivity contribution >= 4 is 17.9 Å². The number of carbonyl (C=O) groups is 3. The van der Waals surface area contributed by atoms with Gasteiger partial charge in [0.2, 0.25) is 0 Å². The highest BCUT2D eigenvalue weighted by Gasteiger charge is 2.19. The number of carbonyl (C=O) groups excluding carboxylic acids is 3. The zero-order valence-corrected chi connectivity index (χ0v) is 33.3. The molecule has 1 atom stereocenters. The molecule has 0 spiro atoms. The van der Waals surface area contributed by atoms with Crippen molar-refractivity contribution in [1.82, 2.24) is 0 Å².